The zero-order chi connectivity index (χ0) is 22.2. The van der Waals surface area contributed by atoms with Gasteiger partial charge in [0, 0.05) is 10.9 Å². The minimum Gasteiger partial charge on any atom is -0.497 e. The van der Waals surface area contributed by atoms with Crippen LogP contribution in [0.3, 0.4) is 0 Å². The largest absolute Gasteiger partial charge is 0.497 e. The molecule has 2 aromatic carbocycles. The van der Waals surface area contributed by atoms with E-state index in [0.717, 1.165) is 17.0 Å². The van der Waals surface area contributed by atoms with Gasteiger partial charge in [-0.3, -0.25) is 4.79 Å². The number of amides is 1. The Balaban J connectivity index is 1.60. The van der Waals surface area contributed by atoms with Gasteiger partial charge in [0.05, 0.1) is 31.1 Å². The third kappa shape index (κ3) is 4.80. The minimum absolute atomic E-state index is 0.0856. The molecule has 164 valence electrons. The van der Waals surface area contributed by atoms with Crippen LogP contribution in [0.2, 0.25) is 0 Å². The Bertz CT molecular complexity index is 1090. The van der Waals surface area contributed by atoms with Crippen molar-refractivity contribution in [1.82, 2.24) is 0 Å². The second kappa shape index (κ2) is 8.67. The van der Waals surface area contributed by atoms with Crippen molar-refractivity contribution in [2.75, 3.05) is 23.5 Å². The normalized spacial score (nSPS) is 23.4. The summed E-state index contributed by atoms with van der Waals surface area (Å²) in [7, 11) is -1.49. The summed E-state index contributed by atoms with van der Waals surface area (Å²) >= 11 is 1.40. The van der Waals surface area contributed by atoms with E-state index < -0.39 is 9.84 Å². The SMILES string of the molecule is COc1ccc(CC(=O)N=C2S[C@@H]3CS(=O)(=O)C[C@@H]3N2c2ccc(C(C)C)cc2)cc1. The number of aliphatic imine (C=N–C) groups is 1. The first kappa shape index (κ1) is 21.9. The number of amidine groups is 1. The molecule has 0 saturated carbocycles. The lowest BCUT2D eigenvalue weighted by Crippen LogP contribution is -2.37. The van der Waals surface area contributed by atoms with Gasteiger partial charge in [-0.2, -0.15) is 4.99 Å². The molecule has 2 aromatic rings. The van der Waals surface area contributed by atoms with Crippen molar-refractivity contribution in [2.24, 2.45) is 4.99 Å². The Morgan fingerprint density at radius 3 is 2.42 bits per heavy atom. The molecule has 2 heterocycles. The van der Waals surface area contributed by atoms with Gasteiger partial charge in [-0.25, -0.2) is 8.42 Å². The van der Waals surface area contributed by atoms with E-state index in [1.54, 1.807) is 7.11 Å². The first-order valence-corrected chi connectivity index (χ1v) is 13.0. The zero-order valence-corrected chi connectivity index (χ0v) is 19.4. The highest BCUT2D eigenvalue weighted by atomic mass is 32.2. The number of nitrogens with zero attached hydrogens (tertiary/aromatic N) is 2. The molecule has 0 unspecified atom stereocenters. The number of hydrogen-bond donors (Lipinski definition) is 0. The van der Waals surface area contributed by atoms with Crippen LogP contribution in [0.5, 0.6) is 5.75 Å². The number of rotatable bonds is 5. The van der Waals surface area contributed by atoms with E-state index in [9.17, 15) is 13.2 Å². The van der Waals surface area contributed by atoms with Crippen LogP contribution in [0.15, 0.2) is 53.5 Å². The van der Waals surface area contributed by atoms with Crippen molar-refractivity contribution in [3.05, 3.63) is 59.7 Å². The van der Waals surface area contributed by atoms with E-state index in [4.69, 9.17) is 4.74 Å². The summed E-state index contributed by atoms with van der Waals surface area (Å²) in [4.78, 5) is 19.1. The van der Waals surface area contributed by atoms with Gasteiger partial charge < -0.3 is 9.64 Å². The third-order valence-electron chi connectivity index (χ3n) is 5.64. The summed E-state index contributed by atoms with van der Waals surface area (Å²) in [6.07, 6.45) is 0.182. The molecule has 2 fully saturated rings. The predicted octanol–water partition coefficient (Wildman–Crippen LogP) is 3.66. The summed E-state index contributed by atoms with van der Waals surface area (Å²) in [6, 6.07) is 15.2. The zero-order valence-electron chi connectivity index (χ0n) is 17.8. The lowest BCUT2D eigenvalue weighted by molar-refractivity contribution is -0.117. The van der Waals surface area contributed by atoms with Crippen molar-refractivity contribution in [3.8, 4) is 5.75 Å². The molecule has 2 saturated heterocycles. The average molecular weight is 459 g/mol. The number of thioether (sulfide) groups is 1. The number of fused-ring (bicyclic) bond motifs is 1. The van der Waals surface area contributed by atoms with E-state index in [1.165, 1.54) is 17.3 Å². The molecule has 0 spiro atoms. The molecule has 0 bridgehead atoms. The highest BCUT2D eigenvalue weighted by Crippen LogP contribution is 2.41. The van der Waals surface area contributed by atoms with E-state index >= 15 is 0 Å². The van der Waals surface area contributed by atoms with Gasteiger partial charge >= 0.3 is 0 Å². The number of sulfone groups is 1. The van der Waals surface area contributed by atoms with Crippen LogP contribution >= 0.6 is 11.8 Å². The maximum absolute atomic E-state index is 12.7. The van der Waals surface area contributed by atoms with Crippen molar-refractivity contribution in [1.29, 1.82) is 0 Å². The second-order valence-electron chi connectivity index (χ2n) is 8.23. The molecule has 0 aromatic heterocycles. The second-order valence-corrected chi connectivity index (χ2v) is 11.6. The monoisotopic (exact) mass is 458 g/mol. The predicted molar refractivity (Wildman–Crippen MR) is 126 cm³/mol. The van der Waals surface area contributed by atoms with Gasteiger partial charge in [-0.15, -0.1) is 0 Å². The van der Waals surface area contributed by atoms with Gasteiger partial charge in [-0.1, -0.05) is 49.9 Å². The van der Waals surface area contributed by atoms with Crippen LogP contribution in [-0.2, 0) is 21.1 Å². The number of carbonyl (C=O) groups is 1. The third-order valence-corrected chi connectivity index (χ3v) is 8.85. The maximum Gasteiger partial charge on any atom is 0.252 e. The molecule has 4 rings (SSSR count). The molecule has 2 atom stereocenters. The van der Waals surface area contributed by atoms with E-state index in [1.807, 2.05) is 41.3 Å². The highest BCUT2D eigenvalue weighted by molar-refractivity contribution is 8.16. The quantitative estimate of drug-likeness (QED) is 0.681. The molecule has 8 heteroatoms. The van der Waals surface area contributed by atoms with Crippen molar-refractivity contribution < 1.29 is 17.9 Å². The minimum atomic E-state index is -3.09. The number of carbonyl (C=O) groups excluding carboxylic acids is 1. The molecule has 2 aliphatic rings. The van der Waals surface area contributed by atoms with Crippen molar-refractivity contribution >= 4 is 38.4 Å². The molecule has 6 nitrogen and oxygen atoms in total. The molecule has 1 amide bonds. The van der Waals surface area contributed by atoms with Crippen LogP contribution in [0.25, 0.3) is 0 Å². The smallest absolute Gasteiger partial charge is 0.252 e. The van der Waals surface area contributed by atoms with Gasteiger partial charge in [0.1, 0.15) is 5.75 Å². The lowest BCUT2D eigenvalue weighted by Gasteiger charge is -2.25. The summed E-state index contributed by atoms with van der Waals surface area (Å²) < 4.78 is 29.6. The first-order valence-electron chi connectivity index (χ1n) is 10.3. The van der Waals surface area contributed by atoms with Crippen LogP contribution in [0.4, 0.5) is 5.69 Å². The van der Waals surface area contributed by atoms with Crippen molar-refractivity contribution in [2.45, 2.75) is 37.5 Å². The molecule has 31 heavy (non-hydrogen) atoms. The first-order chi connectivity index (χ1) is 14.8. The number of benzene rings is 2. The average Bonchev–Trinajstić information content (AvgIpc) is 3.19. The summed E-state index contributed by atoms with van der Waals surface area (Å²) in [5.74, 6) is 1.09. The van der Waals surface area contributed by atoms with Gasteiger partial charge in [0.15, 0.2) is 15.0 Å². The van der Waals surface area contributed by atoms with Gasteiger partial charge in [0.2, 0.25) is 0 Å². The van der Waals surface area contributed by atoms with E-state index in [0.29, 0.717) is 11.1 Å². The lowest BCUT2D eigenvalue weighted by atomic mass is 10.0. The standard InChI is InChI=1S/C23H26N2O4S2/c1-15(2)17-6-8-18(9-7-17)25-20-13-31(27,28)14-21(20)30-23(25)24-22(26)12-16-4-10-19(29-3)11-5-16/h4-11,15,20-21H,12-14H2,1-3H3/t20-,21+/m0/s1. The van der Waals surface area contributed by atoms with Crippen LogP contribution in [-0.4, -0.2) is 49.4 Å². The Morgan fingerprint density at radius 1 is 1.13 bits per heavy atom. The number of ether oxygens (including phenoxy) is 1. The Hall–Kier alpha value is -2.32. The van der Waals surface area contributed by atoms with E-state index in [2.05, 4.69) is 31.0 Å². The molecule has 0 aliphatic carbocycles. The molecular weight excluding hydrogens is 432 g/mol. The summed E-state index contributed by atoms with van der Waals surface area (Å²) in [5.41, 5.74) is 2.94. The maximum atomic E-state index is 12.7. The van der Waals surface area contributed by atoms with Crippen LogP contribution < -0.4 is 9.64 Å². The Kier molecular flexibility index (Phi) is 6.12. The van der Waals surface area contributed by atoms with Crippen molar-refractivity contribution in [3.63, 3.8) is 0 Å². The number of methoxy groups -OCH3 is 1. The Morgan fingerprint density at radius 2 is 1.81 bits per heavy atom. The van der Waals surface area contributed by atoms with Crippen LogP contribution in [0, 0.1) is 0 Å². The topological polar surface area (TPSA) is 76.0 Å². The molecule has 0 N–H and O–H groups in total. The molecule has 0 radical (unpaired) electrons. The van der Waals surface area contributed by atoms with E-state index in [-0.39, 0.29) is 35.1 Å². The fourth-order valence-electron chi connectivity index (χ4n) is 3.95. The number of anilines is 1. The summed E-state index contributed by atoms with van der Waals surface area (Å²) in [6.45, 7) is 4.26. The molecular formula is C23H26N2O4S2. The fourth-order valence-corrected chi connectivity index (χ4v) is 7.88. The van der Waals surface area contributed by atoms with Gasteiger partial charge in [0.25, 0.3) is 5.91 Å². The molecule has 2 aliphatic heterocycles. The highest BCUT2D eigenvalue weighted by Gasteiger charge is 2.49. The fraction of sp³-hybridized carbons (Fsp3) is 0.391. The van der Waals surface area contributed by atoms with Crippen LogP contribution in [0.1, 0.15) is 30.9 Å². The van der Waals surface area contributed by atoms with Gasteiger partial charge in [-0.05, 0) is 41.3 Å². The summed E-state index contributed by atoms with van der Waals surface area (Å²) in [5, 5.41) is 0.475. The number of hydrogen-bond acceptors (Lipinski definition) is 5. The Labute approximate surface area is 187 Å².